The third kappa shape index (κ3) is 2.58. The molecule has 0 amide bonds. The Morgan fingerprint density at radius 3 is 2.60 bits per heavy atom. The lowest BCUT2D eigenvalue weighted by Crippen LogP contribution is -2.14. The number of hydrogen-bond donors (Lipinski definition) is 2. The van der Waals surface area contributed by atoms with Gasteiger partial charge in [-0.3, -0.25) is 0 Å². The second kappa shape index (κ2) is 4.87. The van der Waals surface area contributed by atoms with E-state index in [4.69, 9.17) is 10.9 Å². The van der Waals surface area contributed by atoms with Gasteiger partial charge in [0.1, 0.15) is 0 Å². The first-order valence-electron chi connectivity index (χ1n) is 5.53. The van der Waals surface area contributed by atoms with Crippen molar-refractivity contribution in [2.24, 2.45) is 10.9 Å². The minimum Gasteiger partial charge on any atom is -0.409 e. The summed E-state index contributed by atoms with van der Waals surface area (Å²) in [6.45, 7) is 1.70. The Morgan fingerprint density at radius 1 is 1.40 bits per heavy atom. The molecule has 0 atom stereocenters. The van der Waals surface area contributed by atoms with Crippen LogP contribution in [0.3, 0.4) is 0 Å². The Hall–Kier alpha value is -2.51. The van der Waals surface area contributed by atoms with Crippen LogP contribution in [-0.4, -0.2) is 20.8 Å². The topological polar surface area (TPSA) is 76.4 Å². The van der Waals surface area contributed by atoms with E-state index in [9.17, 15) is 13.2 Å². The summed E-state index contributed by atoms with van der Waals surface area (Å²) in [5, 5.41) is 15.2. The molecule has 0 bridgehead atoms. The van der Waals surface area contributed by atoms with Gasteiger partial charge in [0, 0.05) is 11.8 Å². The second-order valence-electron chi connectivity index (χ2n) is 4.16. The van der Waals surface area contributed by atoms with Crippen molar-refractivity contribution >= 4 is 5.84 Å². The number of nitrogens with zero attached hydrogens (tertiary/aromatic N) is 3. The van der Waals surface area contributed by atoms with Crippen molar-refractivity contribution in [2.75, 3.05) is 0 Å². The van der Waals surface area contributed by atoms with Crippen molar-refractivity contribution in [3.8, 4) is 5.69 Å². The summed E-state index contributed by atoms with van der Waals surface area (Å²) in [5.41, 5.74) is 6.26. The number of nitrogens with two attached hydrogens (primary N) is 1. The number of oxime groups is 1. The summed E-state index contributed by atoms with van der Waals surface area (Å²) in [6, 6.07) is 4.68. The third-order valence-electron chi connectivity index (χ3n) is 2.77. The van der Waals surface area contributed by atoms with E-state index >= 15 is 0 Å². The maximum atomic E-state index is 12.5. The van der Waals surface area contributed by atoms with Gasteiger partial charge in [0.2, 0.25) is 0 Å². The third-order valence-corrected chi connectivity index (χ3v) is 2.77. The first-order valence-corrected chi connectivity index (χ1v) is 5.53. The standard InChI is InChI=1S/C12H11F3N4O/c1-7-4-9(2-3-10(7)11(16)18-20)19-6-8(5-17-19)12(13,14)15/h2-6,20H,1H3,(H2,16,18). The number of amidine groups is 1. The normalized spacial score (nSPS) is 12.7. The zero-order valence-corrected chi connectivity index (χ0v) is 10.4. The number of halogens is 3. The minimum absolute atomic E-state index is 0.0644. The smallest absolute Gasteiger partial charge is 0.409 e. The Morgan fingerprint density at radius 2 is 2.10 bits per heavy atom. The van der Waals surface area contributed by atoms with Gasteiger partial charge in [-0.2, -0.15) is 18.3 Å². The lowest BCUT2D eigenvalue weighted by atomic mass is 10.1. The molecule has 0 radical (unpaired) electrons. The molecule has 0 fully saturated rings. The van der Waals surface area contributed by atoms with E-state index < -0.39 is 11.7 Å². The predicted molar refractivity (Wildman–Crippen MR) is 65.8 cm³/mol. The molecule has 1 aromatic heterocycles. The molecule has 1 heterocycles. The minimum atomic E-state index is -4.43. The van der Waals surface area contributed by atoms with E-state index in [0.717, 1.165) is 17.1 Å². The lowest BCUT2D eigenvalue weighted by Gasteiger charge is -2.07. The summed E-state index contributed by atoms with van der Waals surface area (Å²) < 4.78 is 38.6. The van der Waals surface area contributed by atoms with Crippen molar-refractivity contribution in [3.05, 3.63) is 47.3 Å². The molecule has 0 saturated heterocycles. The zero-order chi connectivity index (χ0) is 14.9. The van der Waals surface area contributed by atoms with E-state index in [-0.39, 0.29) is 5.84 Å². The van der Waals surface area contributed by atoms with Crippen molar-refractivity contribution in [1.29, 1.82) is 0 Å². The first-order chi connectivity index (χ1) is 9.32. The summed E-state index contributed by atoms with van der Waals surface area (Å²) >= 11 is 0. The molecule has 0 unspecified atom stereocenters. The predicted octanol–water partition coefficient (Wildman–Crippen LogP) is 2.29. The van der Waals surface area contributed by atoms with Crippen LogP contribution in [-0.2, 0) is 6.18 Å². The molecule has 0 spiro atoms. The summed E-state index contributed by atoms with van der Waals surface area (Å²) in [7, 11) is 0. The largest absolute Gasteiger partial charge is 0.419 e. The fourth-order valence-electron chi connectivity index (χ4n) is 1.74. The number of aryl methyl sites for hydroxylation is 1. The maximum Gasteiger partial charge on any atom is 0.419 e. The van der Waals surface area contributed by atoms with Gasteiger partial charge in [-0.25, -0.2) is 4.68 Å². The molecule has 2 aromatic rings. The highest BCUT2D eigenvalue weighted by Crippen LogP contribution is 2.29. The first kappa shape index (κ1) is 13.9. The van der Waals surface area contributed by atoms with Crippen LogP contribution in [0.15, 0.2) is 35.7 Å². The molecule has 2 rings (SSSR count). The van der Waals surface area contributed by atoms with Gasteiger partial charge in [-0.1, -0.05) is 5.16 Å². The van der Waals surface area contributed by atoms with Crippen LogP contribution in [0.5, 0.6) is 0 Å². The lowest BCUT2D eigenvalue weighted by molar-refractivity contribution is -0.137. The Labute approximate surface area is 112 Å². The quantitative estimate of drug-likeness (QED) is 0.384. The van der Waals surface area contributed by atoms with Crippen LogP contribution in [0.25, 0.3) is 5.69 Å². The highest BCUT2D eigenvalue weighted by Gasteiger charge is 2.32. The fourth-order valence-corrected chi connectivity index (χ4v) is 1.74. The molecular weight excluding hydrogens is 273 g/mol. The second-order valence-corrected chi connectivity index (χ2v) is 4.16. The zero-order valence-electron chi connectivity index (χ0n) is 10.4. The SMILES string of the molecule is Cc1cc(-n2cc(C(F)(F)F)cn2)ccc1/C(N)=N/O. The molecule has 0 aliphatic rings. The van der Waals surface area contributed by atoms with Crippen LogP contribution in [0.1, 0.15) is 16.7 Å². The fraction of sp³-hybridized carbons (Fsp3) is 0.167. The van der Waals surface area contributed by atoms with E-state index in [2.05, 4.69) is 10.3 Å². The molecule has 8 heteroatoms. The summed E-state index contributed by atoms with van der Waals surface area (Å²) in [4.78, 5) is 0. The van der Waals surface area contributed by atoms with Crippen molar-refractivity contribution in [3.63, 3.8) is 0 Å². The highest BCUT2D eigenvalue weighted by molar-refractivity contribution is 5.98. The Bertz CT molecular complexity index is 661. The molecule has 0 aliphatic heterocycles. The molecule has 20 heavy (non-hydrogen) atoms. The van der Waals surface area contributed by atoms with Gasteiger partial charge in [0.25, 0.3) is 0 Å². The summed E-state index contributed by atoms with van der Waals surface area (Å²) in [6.07, 6.45) is -2.77. The summed E-state index contributed by atoms with van der Waals surface area (Å²) in [5.74, 6) is -0.0644. The molecule has 0 aliphatic carbocycles. The van der Waals surface area contributed by atoms with Crippen LogP contribution in [0.4, 0.5) is 13.2 Å². The molecular formula is C12H11F3N4O. The average molecular weight is 284 g/mol. The van der Waals surface area contributed by atoms with Crippen LogP contribution >= 0.6 is 0 Å². The number of hydrogen-bond acceptors (Lipinski definition) is 3. The van der Waals surface area contributed by atoms with Gasteiger partial charge in [-0.15, -0.1) is 0 Å². The van der Waals surface area contributed by atoms with Gasteiger partial charge >= 0.3 is 6.18 Å². The van der Waals surface area contributed by atoms with Gasteiger partial charge < -0.3 is 10.9 Å². The van der Waals surface area contributed by atoms with E-state index in [1.165, 1.54) is 6.07 Å². The molecule has 106 valence electrons. The molecule has 5 nitrogen and oxygen atoms in total. The monoisotopic (exact) mass is 284 g/mol. The van der Waals surface area contributed by atoms with Gasteiger partial charge in [0.15, 0.2) is 5.84 Å². The van der Waals surface area contributed by atoms with Crippen molar-refractivity contribution in [2.45, 2.75) is 13.1 Å². The van der Waals surface area contributed by atoms with Gasteiger partial charge in [0.05, 0.1) is 17.4 Å². The van der Waals surface area contributed by atoms with Crippen LogP contribution in [0, 0.1) is 6.92 Å². The number of alkyl halides is 3. The number of aromatic nitrogens is 2. The van der Waals surface area contributed by atoms with Crippen LogP contribution < -0.4 is 5.73 Å². The van der Waals surface area contributed by atoms with Crippen LogP contribution in [0.2, 0.25) is 0 Å². The van der Waals surface area contributed by atoms with E-state index in [1.54, 1.807) is 19.1 Å². The Balaban J connectivity index is 2.40. The molecule has 0 saturated carbocycles. The van der Waals surface area contributed by atoms with Crippen molar-refractivity contribution < 1.29 is 18.4 Å². The average Bonchev–Trinajstić information content (AvgIpc) is 2.87. The molecule has 1 aromatic carbocycles. The van der Waals surface area contributed by atoms with Crippen molar-refractivity contribution in [1.82, 2.24) is 9.78 Å². The highest BCUT2D eigenvalue weighted by atomic mass is 19.4. The number of rotatable bonds is 2. The number of benzene rings is 1. The van der Waals surface area contributed by atoms with E-state index in [0.29, 0.717) is 16.8 Å². The van der Waals surface area contributed by atoms with E-state index in [1.807, 2.05) is 0 Å². The van der Waals surface area contributed by atoms with Gasteiger partial charge in [-0.05, 0) is 30.7 Å². The maximum absolute atomic E-state index is 12.5. The Kier molecular flexibility index (Phi) is 3.39. The molecule has 3 N–H and O–H groups in total.